The predicted octanol–water partition coefficient (Wildman–Crippen LogP) is 3.68. The predicted molar refractivity (Wildman–Crippen MR) is 104 cm³/mol. The molecule has 0 aliphatic carbocycles. The molecule has 138 valence electrons. The van der Waals surface area contributed by atoms with Crippen LogP contribution < -0.4 is 21.3 Å². The molecule has 2 heterocycles. The number of hydrogen-bond acceptors (Lipinski definition) is 5. The number of hydrazine groups is 1. The van der Waals surface area contributed by atoms with Gasteiger partial charge in [-0.15, -0.1) is 0 Å². The van der Waals surface area contributed by atoms with E-state index in [0.717, 1.165) is 22.4 Å². The average Bonchev–Trinajstić information content (AvgIpc) is 2.68. The highest BCUT2D eigenvalue weighted by Gasteiger charge is 2.10. The fourth-order valence-corrected chi connectivity index (χ4v) is 2.61. The van der Waals surface area contributed by atoms with Gasteiger partial charge in [0.15, 0.2) is 0 Å². The molecule has 0 aliphatic heterocycles. The molecule has 27 heavy (non-hydrogen) atoms. The van der Waals surface area contributed by atoms with Crippen molar-refractivity contribution in [3.05, 3.63) is 71.0 Å². The first-order valence-corrected chi connectivity index (χ1v) is 8.52. The Hall–Kier alpha value is -3.16. The summed E-state index contributed by atoms with van der Waals surface area (Å²) in [7, 11) is 0. The van der Waals surface area contributed by atoms with Crippen LogP contribution in [0.15, 0.2) is 54.7 Å². The lowest BCUT2D eigenvalue weighted by Crippen LogP contribution is -2.34. The molecule has 3 rings (SSSR count). The van der Waals surface area contributed by atoms with Crippen molar-refractivity contribution in [2.45, 2.75) is 13.5 Å². The Kier molecular flexibility index (Phi) is 5.85. The van der Waals surface area contributed by atoms with Crippen LogP contribution in [0.2, 0.25) is 5.15 Å². The molecule has 0 unspecified atom stereocenters. The SMILES string of the molecule is Cc1cccc(NC(=O)NN)c1COc1cccc(-c2ccc(Cl)nc2)n1. The number of halogens is 1. The summed E-state index contributed by atoms with van der Waals surface area (Å²) in [5.41, 5.74) is 6.04. The van der Waals surface area contributed by atoms with Crippen LogP contribution in [0.4, 0.5) is 10.5 Å². The fraction of sp³-hybridized carbons (Fsp3) is 0.105. The Bertz CT molecular complexity index is 947. The molecule has 3 aromatic rings. The number of nitrogens with two attached hydrogens (primary N) is 1. The summed E-state index contributed by atoms with van der Waals surface area (Å²) in [5, 5.41) is 3.11. The van der Waals surface area contributed by atoms with Crippen LogP contribution in [0.25, 0.3) is 11.3 Å². The summed E-state index contributed by atoms with van der Waals surface area (Å²) in [5.74, 6) is 5.60. The molecule has 7 nitrogen and oxygen atoms in total. The van der Waals surface area contributed by atoms with Crippen molar-refractivity contribution in [2.75, 3.05) is 5.32 Å². The number of ether oxygens (including phenoxy) is 1. The number of hydrogen-bond donors (Lipinski definition) is 3. The molecule has 0 bridgehead atoms. The molecule has 8 heteroatoms. The molecule has 0 fully saturated rings. The molecule has 2 aromatic heterocycles. The summed E-state index contributed by atoms with van der Waals surface area (Å²) >= 11 is 5.83. The second kappa shape index (κ2) is 8.48. The van der Waals surface area contributed by atoms with Gasteiger partial charge in [-0.3, -0.25) is 5.43 Å². The Morgan fingerprint density at radius 2 is 2.00 bits per heavy atom. The smallest absolute Gasteiger partial charge is 0.333 e. The number of amides is 2. The number of benzene rings is 1. The maximum atomic E-state index is 11.5. The zero-order valence-electron chi connectivity index (χ0n) is 14.6. The highest BCUT2D eigenvalue weighted by molar-refractivity contribution is 6.29. The van der Waals surface area contributed by atoms with E-state index in [9.17, 15) is 4.79 Å². The van der Waals surface area contributed by atoms with Gasteiger partial charge in [-0.1, -0.05) is 29.8 Å². The zero-order valence-corrected chi connectivity index (χ0v) is 15.3. The van der Waals surface area contributed by atoms with Crippen molar-refractivity contribution in [2.24, 2.45) is 5.84 Å². The first-order valence-electron chi connectivity index (χ1n) is 8.14. The Morgan fingerprint density at radius 3 is 2.74 bits per heavy atom. The van der Waals surface area contributed by atoms with E-state index in [1.807, 2.05) is 42.7 Å². The third kappa shape index (κ3) is 4.72. The van der Waals surface area contributed by atoms with Gasteiger partial charge in [0.1, 0.15) is 11.8 Å². The van der Waals surface area contributed by atoms with Gasteiger partial charge < -0.3 is 10.1 Å². The van der Waals surface area contributed by atoms with E-state index in [4.69, 9.17) is 22.2 Å². The number of carbonyl (C=O) groups is 1. The topological polar surface area (TPSA) is 102 Å². The highest BCUT2D eigenvalue weighted by Crippen LogP contribution is 2.24. The fourth-order valence-electron chi connectivity index (χ4n) is 2.50. The van der Waals surface area contributed by atoms with Crippen molar-refractivity contribution < 1.29 is 9.53 Å². The van der Waals surface area contributed by atoms with Crippen molar-refractivity contribution >= 4 is 23.3 Å². The van der Waals surface area contributed by atoms with Gasteiger partial charge in [0.25, 0.3) is 0 Å². The first-order chi connectivity index (χ1) is 13.1. The molecule has 4 N–H and O–H groups in total. The lowest BCUT2D eigenvalue weighted by Gasteiger charge is -2.14. The summed E-state index contributed by atoms with van der Waals surface area (Å²) in [6.45, 7) is 2.18. The van der Waals surface area contributed by atoms with Crippen LogP contribution in [-0.4, -0.2) is 16.0 Å². The standard InChI is InChI=1S/C19H18ClN5O2/c1-12-4-2-6-16(24-19(26)25-21)14(12)11-27-18-7-3-5-15(23-18)13-8-9-17(20)22-10-13/h2-10H,11,21H2,1H3,(H2,24,25,26). The summed E-state index contributed by atoms with van der Waals surface area (Å²) in [6.07, 6.45) is 1.66. The van der Waals surface area contributed by atoms with Gasteiger partial charge in [-0.2, -0.15) is 0 Å². The van der Waals surface area contributed by atoms with E-state index in [1.165, 1.54) is 0 Å². The summed E-state index contributed by atoms with van der Waals surface area (Å²) < 4.78 is 5.85. The third-order valence-corrected chi connectivity index (χ3v) is 4.12. The van der Waals surface area contributed by atoms with Gasteiger partial charge in [0.2, 0.25) is 5.88 Å². The number of nitrogens with zero attached hydrogens (tertiary/aromatic N) is 2. The van der Waals surface area contributed by atoms with E-state index in [1.54, 1.807) is 24.4 Å². The van der Waals surface area contributed by atoms with Crippen LogP contribution in [0.5, 0.6) is 5.88 Å². The first kappa shape index (κ1) is 18.6. The lowest BCUT2D eigenvalue weighted by atomic mass is 10.1. The number of nitrogens with one attached hydrogen (secondary N) is 2. The van der Waals surface area contributed by atoms with Crippen LogP contribution in [0.3, 0.4) is 0 Å². The van der Waals surface area contributed by atoms with E-state index in [-0.39, 0.29) is 6.61 Å². The monoisotopic (exact) mass is 383 g/mol. The third-order valence-electron chi connectivity index (χ3n) is 3.90. The lowest BCUT2D eigenvalue weighted by molar-refractivity contribution is 0.252. The molecule has 2 amide bonds. The largest absolute Gasteiger partial charge is 0.473 e. The number of rotatable bonds is 5. The van der Waals surface area contributed by atoms with Crippen LogP contribution in [0.1, 0.15) is 11.1 Å². The molecular weight excluding hydrogens is 366 g/mol. The number of pyridine rings is 2. The number of aromatic nitrogens is 2. The maximum absolute atomic E-state index is 11.5. The van der Waals surface area contributed by atoms with Crippen LogP contribution in [-0.2, 0) is 6.61 Å². The molecule has 0 spiro atoms. The van der Waals surface area contributed by atoms with Gasteiger partial charge in [-0.05, 0) is 36.8 Å². The molecule has 0 aliphatic rings. The second-order valence-corrected chi connectivity index (χ2v) is 6.11. The van der Waals surface area contributed by atoms with E-state index >= 15 is 0 Å². The van der Waals surface area contributed by atoms with E-state index < -0.39 is 6.03 Å². The normalized spacial score (nSPS) is 10.3. The summed E-state index contributed by atoms with van der Waals surface area (Å²) in [6, 6.07) is 14.1. The van der Waals surface area contributed by atoms with E-state index in [2.05, 4.69) is 15.3 Å². The number of urea groups is 1. The van der Waals surface area contributed by atoms with Crippen molar-refractivity contribution in [3.63, 3.8) is 0 Å². The Morgan fingerprint density at radius 1 is 1.19 bits per heavy atom. The number of aryl methyl sites for hydroxylation is 1. The molecule has 0 saturated carbocycles. The minimum Gasteiger partial charge on any atom is -0.473 e. The summed E-state index contributed by atoms with van der Waals surface area (Å²) in [4.78, 5) is 20.1. The number of anilines is 1. The molecule has 1 aromatic carbocycles. The highest BCUT2D eigenvalue weighted by atomic mass is 35.5. The average molecular weight is 384 g/mol. The van der Waals surface area contributed by atoms with Gasteiger partial charge in [-0.25, -0.2) is 20.6 Å². The molecular formula is C19H18ClN5O2. The van der Waals surface area contributed by atoms with Crippen LogP contribution in [0, 0.1) is 6.92 Å². The van der Waals surface area contributed by atoms with Crippen LogP contribution >= 0.6 is 11.6 Å². The number of carbonyl (C=O) groups excluding carboxylic acids is 1. The van der Waals surface area contributed by atoms with Gasteiger partial charge in [0.05, 0.1) is 5.69 Å². The minimum absolute atomic E-state index is 0.238. The van der Waals surface area contributed by atoms with Crippen molar-refractivity contribution in [1.82, 2.24) is 15.4 Å². The van der Waals surface area contributed by atoms with Gasteiger partial charge in [0, 0.05) is 29.1 Å². The molecule has 0 saturated heterocycles. The van der Waals surface area contributed by atoms with E-state index in [0.29, 0.717) is 16.7 Å². The quantitative estimate of drug-likeness (QED) is 0.270. The van der Waals surface area contributed by atoms with Crippen molar-refractivity contribution in [1.29, 1.82) is 0 Å². The van der Waals surface area contributed by atoms with Gasteiger partial charge >= 0.3 is 6.03 Å². The second-order valence-electron chi connectivity index (χ2n) is 5.72. The van der Waals surface area contributed by atoms with Crippen molar-refractivity contribution in [3.8, 4) is 17.1 Å². The maximum Gasteiger partial charge on any atom is 0.333 e. The molecule has 0 radical (unpaired) electrons. The Labute approximate surface area is 161 Å². The Balaban J connectivity index is 1.78. The molecule has 0 atom stereocenters. The minimum atomic E-state index is -0.503. The zero-order chi connectivity index (χ0) is 19.2.